The van der Waals surface area contributed by atoms with Gasteiger partial charge in [-0.25, -0.2) is 9.37 Å². The third-order valence-electron chi connectivity index (χ3n) is 3.46. The number of nitrogens with one attached hydrogen (secondary N) is 1. The lowest BCUT2D eigenvalue weighted by molar-refractivity contribution is 0.0730. The summed E-state index contributed by atoms with van der Waals surface area (Å²) in [6, 6.07) is 5.92. The third-order valence-corrected chi connectivity index (χ3v) is 3.46. The van der Waals surface area contributed by atoms with E-state index in [-0.39, 0.29) is 23.6 Å². The van der Waals surface area contributed by atoms with Crippen LogP contribution in [0.3, 0.4) is 0 Å². The van der Waals surface area contributed by atoms with Crippen molar-refractivity contribution in [3.05, 3.63) is 47.3 Å². The summed E-state index contributed by atoms with van der Waals surface area (Å²) >= 11 is 0. The van der Waals surface area contributed by atoms with E-state index in [1.54, 1.807) is 24.1 Å². The van der Waals surface area contributed by atoms with Gasteiger partial charge in [0.1, 0.15) is 11.6 Å². The van der Waals surface area contributed by atoms with Crippen molar-refractivity contribution in [1.29, 1.82) is 0 Å². The summed E-state index contributed by atoms with van der Waals surface area (Å²) in [6.45, 7) is 3.91. The number of halogens is 1. The summed E-state index contributed by atoms with van der Waals surface area (Å²) in [5, 5.41) is 6.73. The van der Waals surface area contributed by atoms with Crippen LogP contribution in [-0.4, -0.2) is 33.0 Å². The van der Waals surface area contributed by atoms with E-state index >= 15 is 0 Å². The lowest BCUT2D eigenvalue weighted by Crippen LogP contribution is -2.30. The van der Waals surface area contributed by atoms with E-state index in [1.165, 1.54) is 12.1 Å². The van der Waals surface area contributed by atoms with Crippen LogP contribution in [0.5, 0.6) is 0 Å². The number of aromatic amines is 1. The summed E-state index contributed by atoms with van der Waals surface area (Å²) in [7, 11) is 1.69. The smallest absolute Gasteiger partial charge is 0.293 e. The molecule has 112 valence electrons. The zero-order valence-electron chi connectivity index (χ0n) is 12.4. The van der Waals surface area contributed by atoms with E-state index in [0.29, 0.717) is 5.82 Å². The molecule has 1 aromatic carbocycles. The Morgan fingerprint density at radius 3 is 2.67 bits per heavy atom. The molecular weight excluding hydrogens is 271 g/mol. The zero-order valence-corrected chi connectivity index (χ0v) is 12.4. The van der Waals surface area contributed by atoms with Crippen molar-refractivity contribution in [3.63, 3.8) is 0 Å². The molecule has 1 atom stereocenters. The molecule has 0 aliphatic carbocycles. The van der Waals surface area contributed by atoms with Gasteiger partial charge in [-0.2, -0.15) is 0 Å². The quantitative estimate of drug-likeness (QED) is 0.921. The van der Waals surface area contributed by atoms with Crippen molar-refractivity contribution >= 4 is 5.91 Å². The molecule has 0 radical (unpaired) electrons. The summed E-state index contributed by atoms with van der Waals surface area (Å²) < 4.78 is 12.9. The molecule has 1 N–H and O–H groups in total. The Balaban J connectivity index is 2.12. The van der Waals surface area contributed by atoms with Gasteiger partial charge in [0, 0.05) is 13.5 Å². The number of H-pyrrole nitrogens is 1. The van der Waals surface area contributed by atoms with Gasteiger partial charge in [-0.3, -0.25) is 9.89 Å². The molecule has 1 amide bonds. The van der Waals surface area contributed by atoms with Gasteiger partial charge in [0.2, 0.25) is 5.82 Å². The van der Waals surface area contributed by atoms with Crippen LogP contribution in [0, 0.1) is 5.82 Å². The Morgan fingerprint density at radius 2 is 2.05 bits per heavy atom. The van der Waals surface area contributed by atoms with E-state index in [1.807, 2.05) is 13.8 Å². The van der Waals surface area contributed by atoms with Crippen LogP contribution >= 0.6 is 0 Å². The summed E-state index contributed by atoms with van der Waals surface area (Å²) in [6.07, 6.45) is 1.70. The monoisotopic (exact) mass is 290 g/mol. The molecule has 0 fully saturated rings. The van der Waals surface area contributed by atoms with Gasteiger partial charge in [0.25, 0.3) is 5.91 Å². The predicted molar refractivity (Wildman–Crippen MR) is 77.3 cm³/mol. The van der Waals surface area contributed by atoms with Crippen molar-refractivity contribution in [2.45, 2.75) is 32.7 Å². The molecule has 1 unspecified atom stereocenters. The van der Waals surface area contributed by atoms with Crippen LogP contribution in [-0.2, 0) is 6.42 Å². The molecule has 0 bridgehead atoms. The Kier molecular flexibility index (Phi) is 4.67. The number of hydrogen-bond acceptors (Lipinski definition) is 3. The highest BCUT2D eigenvalue weighted by atomic mass is 19.1. The highest BCUT2D eigenvalue weighted by molar-refractivity contribution is 5.90. The van der Waals surface area contributed by atoms with Crippen LogP contribution in [0.25, 0.3) is 0 Å². The Morgan fingerprint density at radius 1 is 1.38 bits per heavy atom. The molecule has 0 saturated carbocycles. The normalized spacial score (nSPS) is 12.2. The number of benzene rings is 1. The molecule has 6 heteroatoms. The van der Waals surface area contributed by atoms with E-state index in [4.69, 9.17) is 0 Å². The molecule has 0 aliphatic heterocycles. The fourth-order valence-electron chi connectivity index (χ4n) is 2.04. The molecule has 21 heavy (non-hydrogen) atoms. The minimum atomic E-state index is -0.293. The third kappa shape index (κ3) is 3.45. The fraction of sp³-hybridized carbons (Fsp3) is 0.400. The van der Waals surface area contributed by atoms with E-state index in [2.05, 4.69) is 15.2 Å². The van der Waals surface area contributed by atoms with Crippen LogP contribution < -0.4 is 0 Å². The maximum Gasteiger partial charge on any atom is 0.293 e. The predicted octanol–water partition coefficient (Wildman–Crippen LogP) is 2.73. The minimum absolute atomic E-state index is 0.162. The van der Waals surface area contributed by atoms with Gasteiger partial charge in [0.05, 0.1) is 6.04 Å². The standard InChI is InChI=1S/C15H19FN4O/c1-4-5-13-17-14(19-18-13)15(21)20(3)10(2)11-6-8-12(16)9-7-11/h6-10H,4-5H2,1-3H3,(H,17,18,19). The summed E-state index contributed by atoms with van der Waals surface area (Å²) in [5.41, 5.74) is 0.858. The first kappa shape index (κ1) is 15.2. The zero-order chi connectivity index (χ0) is 15.4. The van der Waals surface area contributed by atoms with Crippen LogP contribution in [0.4, 0.5) is 4.39 Å². The van der Waals surface area contributed by atoms with E-state index in [0.717, 1.165) is 18.4 Å². The van der Waals surface area contributed by atoms with Gasteiger partial charge >= 0.3 is 0 Å². The second-order valence-corrected chi connectivity index (χ2v) is 5.00. The number of amides is 1. The molecule has 2 aromatic rings. The van der Waals surface area contributed by atoms with Gasteiger partial charge in [-0.05, 0) is 31.0 Å². The maximum atomic E-state index is 12.9. The minimum Gasteiger partial charge on any atom is -0.332 e. The SMILES string of the molecule is CCCc1nc(C(=O)N(C)C(C)c2ccc(F)cc2)n[nH]1. The van der Waals surface area contributed by atoms with Crippen LogP contribution in [0.15, 0.2) is 24.3 Å². The first-order valence-electron chi connectivity index (χ1n) is 6.96. The molecule has 5 nitrogen and oxygen atoms in total. The lowest BCUT2D eigenvalue weighted by Gasteiger charge is -2.24. The van der Waals surface area contributed by atoms with Crippen molar-refractivity contribution in [2.24, 2.45) is 0 Å². The van der Waals surface area contributed by atoms with E-state index in [9.17, 15) is 9.18 Å². The Hall–Kier alpha value is -2.24. The number of aryl methyl sites for hydroxylation is 1. The van der Waals surface area contributed by atoms with Gasteiger partial charge in [-0.1, -0.05) is 19.1 Å². The molecule has 0 saturated heterocycles. The largest absolute Gasteiger partial charge is 0.332 e. The number of nitrogens with zero attached hydrogens (tertiary/aromatic N) is 3. The molecule has 1 heterocycles. The second-order valence-electron chi connectivity index (χ2n) is 5.00. The molecule has 1 aromatic heterocycles. The molecule has 2 rings (SSSR count). The Labute approximate surface area is 123 Å². The average molecular weight is 290 g/mol. The topological polar surface area (TPSA) is 61.9 Å². The first-order chi connectivity index (χ1) is 10.0. The highest BCUT2D eigenvalue weighted by Crippen LogP contribution is 2.20. The van der Waals surface area contributed by atoms with Crippen molar-refractivity contribution in [2.75, 3.05) is 7.05 Å². The fourth-order valence-corrected chi connectivity index (χ4v) is 2.04. The summed E-state index contributed by atoms with van der Waals surface area (Å²) in [4.78, 5) is 18.1. The second kappa shape index (κ2) is 6.47. The number of carbonyl (C=O) groups excluding carboxylic acids is 1. The maximum absolute atomic E-state index is 12.9. The highest BCUT2D eigenvalue weighted by Gasteiger charge is 2.22. The lowest BCUT2D eigenvalue weighted by atomic mass is 10.1. The molecule has 0 spiro atoms. The average Bonchev–Trinajstić information content (AvgIpc) is 2.95. The van der Waals surface area contributed by atoms with Crippen molar-refractivity contribution in [3.8, 4) is 0 Å². The number of aromatic nitrogens is 3. The molecule has 0 aliphatic rings. The number of rotatable bonds is 5. The summed E-state index contributed by atoms with van der Waals surface area (Å²) in [5.74, 6) is 0.321. The van der Waals surface area contributed by atoms with Crippen LogP contribution in [0.2, 0.25) is 0 Å². The van der Waals surface area contributed by atoms with Crippen molar-refractivity contribution < 1.29 is 9.18 Å². The Bertz CT molecular complexity index is 608. The first-order valence-corrected chi connectivity index (χ1v) is 6.96. The number of hydrogen-bond donors (Lipinski definition) is 1. The van der Waals surface area contributed by atoms with Crippen molar-refractivity contribution in [1.82, 2.24) is 20.1 Å². The van der Waals surface area contributed by atoms with Gasteiger partial charge in [0.15, 0.2) is 0 Å². The molecular formula is C15H19FN4O. The van der Waals surface area contributed by atoms with Gasteiger partial charge < -0.3 is 4.90 Å². The number of carbonyl (C=O) groups is 1. The van der Waals surface area contributed by atoms with Gasteiger partial charge in [-0.15, -0.1) is 5.10 Å². The van der Waals surface area contributed by atoms with Crippen LogP contribution in [0.1, 0.15) is 48.3 Å². The van der Waals surface area contributed by atoms with E-state index < -0.39 is 0 Å².